The Kier molecular flexibility index (Phi) is 2.66. The maximum absolute atomic E-state index is 10.4. The van der Waals surface area contributed by atoms with E-state index in [-0.39, 0.29) is 15.7 Å². The third-order valence-electron chi connectivity index (χ3n) is 1.32. The van der Waals surface area contributed by atoms with Crippen LogP contribution in [0.5, 0.6) is 0 Å². The highest BCUT2D eigenvalue weighted by Crippen LogP contribution is 2.35. The summed E-state index contributed by atoms with van der Waals surface area (Å²) in [4.78, 5) is 12.4. The van der Waals surface area contributed by atoms with Crippen LogP contribution in [0, 0.1) is 15.5 Å². The number of rotatable bonds is 1. The predicted molar refractivity (Wildman–Crippen MR) is 47.9 cm³/mol. The first-order valence-corrected chi connectivity index (χ1v) is 3.80. The molecule has 0 saturated heterocycles. The van der Waals surface area contributed by atoms with Gasteiger partial charge in [-0.15, -0.1) is 0 Å². The average molecular weight is 219 g/mol. The fourth-order valence-corrected chi connectivity index (χ4v) is 1.07. The van der Waals surface area contributed by atoms with Gasteiger partial charge in [0.05, 0.1) is 21.0 Å². The lowest BCUT2D eigenvalue weighted by Gasteiger charge is -1.91. The van der Waals surface area contributed by atoms with Crippen molar-refractivity contribution in [3.63, 3.8) is 0 Å². The number of nitrogens with zero attached hydrogens (tertiary/aromatic N) is 3. The highest BCUT2D eigenvalue weighted by Gasteiger charge is 2.26. The van der Waals surface area contributed by atoms with E-state index < -0.39 is 10.6 Å². The zero-order chi connectivity index (χ0) is 10.0. The summed E-state index contributed by atoms with van der Waals surface area (Å²) in [7, 11) is 0. The van der Waals surface area contributed by atoms with E-state index in [1.807, 2.05) is 0 Å². The van der Waals surface area contributed by atoms with E-state index in [9.17, 15) is 10.1 Å². The summed E-state index contributed by atoms with van der Waals surface area (Å²) >= 11 is 11.1. The Bertz CT molecular complexity index is 413. The van der Waals surface area contributed by atoms with Crippen molar-refractivity contribution in [1.82, 2.24) is 0 Å². The van der Waals surface area contributed by atoms with Crippen molar-refractivity contribution in [3.8, 4) is 0 Å². The van der Waals surface area contributed by atoms with E-state index in [0.717, 1.165) is 12.1 Å². The maximum atomic E-state index is 10.4. The van der Waals surface area contributed by atoms with E-state index in [1.54, 1.807) is 0 Å². The molecule has 0 radical (unpaired) electrons. The summed E-state index contributed by atoms with van der Waals surface area (Å²) < 4.78 is 0. The van der Waals surface area contributed by atoms with Gasteiger partial charge in [-0.3, -0.25) is 10.1 Å². The van der Waals surface area contributed by atoms with Crippen LogP contribution in [0.3, 0.4) is 0 Å². The van der Waals surface area contributed by atoms with E-state index in [4.69, 9.17) is 28.6 Å². The minimum Gasteiger partial charge on any atom is -0.258 e. The molecule has 0 aliphatic carbocycles. The molecular weight excluding hydrogens is 217 g/mol. The smallest absolute Gasteiger partial charge is 0.258 e. The summed E-state index contributed by atoms with van der Waals surface area (Å²) in [6, 6.07) is 2.14. The predicted octanol–water partition coefficient (Wildman–Crippen LogP) is 3.39. The van der Waals surface area contributed by atoms with Crippen LogP contribution in [0.25, 0.3) is 4.98 Å². The molecule has 0 atom stereocenters. The molecule has 13 heavy (non-hydrogen) atoms. The molecule has 66 valence electrons. The van der Waals surface area contributed by atoms with Gasteiger partial charge in [0.2, 0.25) is 5.39 Å². The third kappa shape index (κ3) is 1.86. The molecule has 1 aromatic rings. The van der Waals surface area contributed by atoms with Crippen LogP contribution in [0.2, 0.25) is 10.0 Å². The normalized spacial score (nSPS) is 9.31. The molecular formula is C6H2Cl2N3O2+. The highest BCUT2D eigenvalue weighted by atomic mass is 35.5. The topological polar surface area (TPSA) is 71.3 Å². The molecule has 0 fully saturated rings. The second kappa shape index (κ2) is 3.56. The molecule has 5 nitrogen and oxygen atoms in total. The minimum atomic E-state index is -0.711. The molecule has 0 N–H and O–H groups in total. The van der Waals surface area contributed by atoms with Crippen LogP contribution in [0.15, 0.2) is 12.1 Å². The minimum absolute atomic E-state index is 0.0424. The van der Waals surface area contributed by atoms with Gasteiger partial charge in [-0.1, -0.05) is 23.2 Å². The van der Waals surface area contributed by atoms with Crippen LogP contribution < -0.4 is 0 Å². The zero-order valence-electron chi connectivity index (χ0n) is 6.07. The molecule has 1 aromatic carbocycles. The number of benzene rings is 1. The molecule has 0 amide bonds. The number of nitro benzene ring substituents is 1. The number of hydrogen-bond donors (Lipinski definition) is 0. The Labute approximate surface area is 82.7 Å². The molecule has 0 aliphatic heterocycles. The zero-order valence-corrected chi connectivity index (χ0v) is 7.58. The maximum Gasteiger partial charge on any atom is 0.462 e. The highest BCUT2D eigenvalue weighted by molar-refractivity contribution is 6.42. The largest absolute Gasteiger partial charge is 0.462 e. The van der Waals surface area contributed by atoms with Gasteiger partial charge in [0, 0.05) is 6.07 Å². The molecule has 0 heterocycles. The number of nitro groups is 1. The molecule has 0 aliphatic rings. The van der Waals surface area contributed by atoms with E-state index in [0.29, 0.717) is 0 Å². The first kappa shape index (κ1) is 9.71. The van der Waals surface area contributed by atoms with Crippen molar-refractivity contribution in [2.75, 3.05) is 0 Å². The summed E-state index contributed by atoms with van der Waals surface area (Å²) in [6.45, 7) is 0. The fraction of sp³-hybridized carbons (Fsp3) is 0. The lowest BCUT2D eigenvalue weighted by molar-refractivity contribution is -0.383. The summed E-state index contributed by atoms with van der Waals surface area (Å²) in [5.41, 5.74) is -0.615. The van der Waals surface area contributed by atoms with Gasteiger partial charge in [0.1, 0.15) is 0 Å². The van der Waals surface area contributed by atoms with Gasteiger partial charge in [-0.05, 0) is 0 Å². The SMILES string of the molecule is N#[N+]c1cc(Cl)c(Cl)cc1[N+](=O)[O-]. The molecule has 0 unspecified atom stereocenters. The van der Waals surface area contributed by atoms with Crippen LogP contribution in [-0.4, -0.2) is 4.92 Å². The van der Waals surface area contributed by atoms with Crippen molar-refractivity contribution < 1.29 is 4.92 Å². The average Bonchev–Trinajstić information content (AvgIpc) is 2.08. The Morgan fingerprint density at radius 3 is 2.38 bits per heavy atom. The van der Waals surface area contributed by atoms with E-state index >= 15 is 0 Å². The summed E-state index contributed by atoms with van der Waals surface area (Å²) in [6.07, 6.45) is 0. The van der Waals surface area contributed by atoms with Crippen LogP contribution in [0.4, 0.5) is 11.4 Å². The molecule has 7 heteroatoms. The van der Waals surface area contributed by atoms with Gasteiger partial charge in [0.15, 0.2) is 4.98 Å². The van der Waals surface area contributed by atoms with E-state index in [2.05, 4.69) is 4.98 Å². The van der Waals surface area contributed by atoms with Crippen LogP contribution in [-0.2, 0) is 0 Å². The number of halogens is 2. The van der Waals surface area contributed by atoms with Gasteiger partial charge in [0.25, 0.3) is 0 Å². The summed E-state index contributed by atoms with van der Waals surface area (Å²) in [5, 5.41) is 18.9. The number of hydrogen-bond acceptors (Lipinski definition) is 3. The van der Waals surface area contributed by atoms with Crippen LogP contribution >= 0.6 is 23.2 Å². The Hall–Kier alpha value is -1.38. The first-order valence-electron chi connectivity index (χ1n) is 3.05. The van der Waals surface area contributed by atoms with E-state index in [1.165, 1.54) is 0 Å². The lowest BCUT2D eigenvalue weighted by atomic mass is 10.3. The monoisotopic (exact) mass is 218 g/mol. The number of diazo groups is 1. The van der Waals surface area contributed by atoms with Crippen molar-refractivity contribution in [2.45, 2.75) is 0 Å². The van der Waals surface area contributed by atoms with Gasteiger partial charge in [-0.2, -0.15) is 0 Å². The molecule has 0 aromatic heterocycles. The molecule has 1 rings (SSSR count). The Morgan fingerprint density at radius 2 is 1.92 bits per heavy atom. The third-order valence-corrected chi connectivity index (χ3v) is 2.04. The molecule has 0 spiro atoms. The van der Waals surface area contributed by atoms with Crippen LogP contribution in [0.1, 0.15) is 0 Å². The standard InChI is InChI=1S/C6H2Cl2N3O2/c7-3-1-5(10-9)6(11(12)13)2-4(3)8/h1-2H/q+1. The second-order valence-corrected chi connectivity index (χ2v) is 2.93. The Balaban J connectivity index is 3.44. The van der Waals surface area contributed by atoms with Crippen molar-refractivity contribution >= 4 is 34.6 Å². The van der Waals surface area contributed by atoms with Gasteiger partial charge in [-0.25, -0.2) is 0 Å². The quantitative estimate of drug-likeness (QED) is 0.412. The summed E-state index contributed by atoms with van der Waals surface area (Å²) in [5.74, 6) is 0. The fourth-order valence-electron chi connectivity index (χ4n) is 0.752. The molecule has 0 bridgehead atoms. The Morgan fingerprint density at radius 1 is 1.38 bits per heavy atom. The first-order chi connectivity index (χ1) is 6.06. The van der Waals surface area contributed by atoms with Crippen molar-refractivity contribution in [1.29, 1.82) is 5.39 Å². The lowest BCUT2D eigenvalue weighted by Crippen LogP contribution is -1.87. The molecule has 0 saturated carbocycles. The van der Waals surface area contributed by atoms with Crippen molar-refractivity contribution in [3.05, 3.63) is 37.3 Å². The van der Waals surface area contributed by atoms with Gasteiger partial charge < -0.3 is 0 Å². The van der Waals surface area contributed by atoms with Gasteiger partial charge >= 0.3 is 11.4 Å². The van der Waals surface area contributed by atoms with Crippen molar-refractivity contribution in [2.24, 2.45) is 0 Å². The second-order valence-electron chi connectivity index (χ2n) is 2.11.